The molecule has 0 bridgehead atoms. The molecule has 0 saturated carbocycles. The van der Waals surface area contributed by atoms with Gasteiger partial charge < -0.3 is 9.64 Å². The van der Waals surface area contributed by atoms with Crippen LogP contribution in [0, 0.1) is 0 Å². The van der Waals surface area contributed by atoms with Gasteiger partial charge in [-0.15, -0.1) is 11.8 Å². The van der Waals surface area contributed by atoms with E-state index in [0.29, 0.717) is 13.0 Å². The Morgan fingerprint density at radius 1 is 1.24 bits per heavy atom. The summed E-state index contributed by atoms with van der Waals surface area (Å²) in [6, 6.07) is 7.65. The average molecular weight is 330 g/mol. The maximum atomic E-state index is 11.8. The highest BCUT2D eigenvalue weighted by atomic mass is 35.5. The van der Waals surface area contributed by atoms with Crippen LogP contribution in [0.1, 0.15) is 19.3 Å². The van der Waals surface area contributed by atoms with Crippen molar-refractivity contribution in [3.8, 4) is 0 Å². The minimum Gasteiger partial charge on any atom is -0.469 e. The number of nitrogens with zero attached hydrogens (tertiary/aromatic N) is 1. The van der Waals surface area contributed by atoms with Crippen LogP contribution in [0.15, 0.2) is 29.2 Å². The molecule has 1 aromatic rings. The lowest BCUT2D eigenvalue weighted by atomic mass is 10.3. The van der Waals surface area contributed by atoms with E-state index < -0.39 is 0 Å². The third-order valence-electron chi connectivity index (χ3n) is 2.92. The van der Waals surface area contributed by atoms with E-state index in [4.69, 9.17) is 11.6 Å². The molecule has 0 fully saturated rings. The van der Waals surface area contributed by atoms with E-state index in [1.165, 1.54) is 7.11 Å². The molecule has 0 aliphatic rings. The van der Waals surface area contributed by atoms with Gasteiger partial charge in [0.2, 0.25) is 5.91 Å². The number of esters is 1. The number of amides is 1. The summed E-state index contributed by atoms with van der Waals surface area (Å²) < 4.78 is 4.55. The lowest BCUT2D eigenvalue weighted by Crippen LogP contribution is -2.29. The number of thioether (sulfide) groups is 1. The molecule has 116 valence electrons. The third-order valence-corrected chi connectivity index (χ3v) is 4.27. The van der Waals surface area contributed by atoms with E-state index in [0.717, 1.165) is 22.1 Å². The van der Waals surface area contributed by atoms with Crippen LogP contribution in [0.5, 0.6) is 0 Å². The van der Waals surface area contributed by atoms with Crippen molar-refractivity contribution in [2.24, 2.45) is 0 Å². The molecule has 0 aliphatic heterocycles. The first-order valence-corrected chi connectivity index (χ1v) is 8.08. The summed E-state index contributed by atoms with van der Waals surface area (Å²) in [6.07, 6.45) is 1.52. The predicted octanol–water partition coefficient (Wildman–Crippen LogP) is 3.23. The maximum Gasteiger partial charge on any atom is 0.307 e. The standard InChI is InChI=1S/C15H20ClNO3S/c1-17(10-9-15(19)20-2)14(18)4-3-11-21-13-7-5-12(16)6-8-13/h5-8H,3-4,9-11H2,1-2H3. The highest BCUT2D eigenvalue weighted by molar-refractivity contribution is 7.99. The molecule has 0 N–H and O–H groups in total. The van der Waals surface area contributed by atoms with E-state index in [1.54, 1.807) is 23.7 Å². The number of carbonyl (C=O) groups is 2. The Kier molecular flexibility index (Phi) is 8.23. The molecule has 1 rings (SSSR count). The Morgan fingerprint density at radius 2 is 1.90 bits per heavy atom. The van der Waals surface area contributed by atoms with Crippen molar-refractivity contribution < 1.29 is 14.3 Å². The molecule has 4 nitrogen and oxygen atoms in total. The molecule has 1 aromatic carbocycles. The molecule has 1 amide bonds. The number of methoxy groups -OCH3 is 1. The topological polar surface area (TPSA) is 46.6 Å². The summed E-state index contributed by atoms with van der Waals surface area (Å²) in [7, 11) is 3.05. The van der Waals surface area contributed by atoms with Crippen LogP contribution in [0.4, 0.5) is 0 Å². The minimum absolute atomic E-state index is 0.0515. The van der Waals surface area contributed by atoms with Gasteiger partial charge in [-0.2, -0.15) is 0 Å². The van der Waals surface area contributed by atoms with Crippen molar-refractivity contribution in [1.29, 1.82) is 0 Å². The highest BCUT2D eigenvalue weighted by Crippen LogP contribution is 2.21. The lowest BCUT2D eigenvalue weighted by Gasteiger charge is -2.16. The van der Waals surface area contributed by atoms with Crippen LogP contribution in [0.3, 0.4) is 0 Å². The quantitative estimate of drug-likeness (QED) is 0.417. The highest BCUT2D eigenvalue weighted by Gasteiger charge is 2.10. The van der Waals surface area contributed by atoms with Crippen LogP contribution in [0.2, 0.25) is 5.02 Å². The van der Waals surface area contributed by atoms with E-state index in [1.807, 2.05) is 24.3 Å². The first-order valence-electron chi connectivity index (χ1n) is 6.72. The number of hydrogen-bond acceptors (Lipinski definition) is 4. The van der Waals surface area contributed by atoms with Gasteiger partial charge in [-0.3, -0.25) is 9.59 Å². The molecule has 0 spiro atoms. The van der Waals surface area contributed by atoms with E-state index in [-0.39, 0.29) is 18.3 Å². The Balaban J connectivity index is 2.17. The Hall–Kier alpha value is -1.20. The maximum absolute atomic E-state index is 11.8. The molecule has 0 heterocycles. The van der Waals surface area contributed by atoms with Crippen molar-refractivity contribution in [3.63, 3.8) is 0 Å². The third kappa shape index (κ3) is 7.39. The fourth-order valence-electron chi connectivity index (χ4n) is 1.62. The first-order chi connectivity index (χ1) is 10.0. The van der Waals surface area contributed by atoms with Crippen LogP contribution < -0.4 is 0 Å². The lowest BCUT2D eigenvalue weighted by molar-refractivity contribution is -0.141. The fraction of sp³-hybridized carbons (Fsp3) is 0.467. The van der Waals surface area contributed by atoms with Crippen molar-refractivity contribution in [3.05, 3.63) is 29.3 Å². The second kappa shape index (κ2) is 9.68. The smallest absolute Gasteiger partial charge is 0.307 e. The van der Waals surface area contributed by atoms with Crippen molar-refractivity contribution >= 4 is 35.2 Å². The Labute approximate surface area is 134 Å². The number of hydrogen-bond donors (Lipinski definition) is 0. The molecule has 6 heteroatoms. The summed E-state index contributed by atoms with van der Waals surface area (Å²) in [5.74, 6) is 0.627. The summed E-state index contributed by atoms with van der Waals surface area (Å²) in [5, 5.41) is 0.724. The summed E-state index contributed by atoms with van der Waals surface area (Å²) in [6.45, 7) is 0.399. The molecule has 21 heavy (non-hydrogen) atoms. The number of ether oxygens (including phenoxy) is 1. The number of rotatable bonds is 8. The van der Waals surface area contributed by atoms with Crippen molar-refractivity contribution in [2.75, 3.05) is 26.5 Å². The van der Waals surface area contributed by atoms with Gasteiger partial charge in [0.05, 0.1) is 13.5 Å². The van der Waals surface area contributed by atoms with Gasteiger partial charge in [0, 0.05) is 29.9 Å². The molecule has 0 radical (unpaired) electrons. The molecule has 0 atom stereocenters. The zero-order valence-corrected chi connectivity index (χ0v) is 13.9. The SMILES string of the molecule is COC(=O)CCN(C)C(=O)CCCSc1ccc(Cl)cc1. The van der Waals surface area contributed by atoms with E-state index in [9.17, 15) is 9.59 Å². The van der Waals surface area contributed by atoms with Gasteiger partial charge in [0.25, 0.3) is 0 Å². The molecule has 0 aliphatic carbocycles. The molecule has 0 aromatic heterocycles. The number of halogens is 1. The van der Waals surface area contributed by atoms with Gasteiger partial charge in [-0.1, -0.05) is 11.6 Å². The van der Waals surface area contributed by atoms with Crippen LogP contribution in [0.25, 0.3) is 0 Å². The predicted molar refractivity (Wildman–Crippen MR) is 85.7 cm³/mol. The van der Waals surface area contributed by atoms with Gasteiger partial charge in [-0.05, 0) is 36.4 Å². The van der Waals surface area contributed by atoms with Crippen LogP contribution in [-0.4, -0.2) is 43.2 Å². The zero-order chi connectivity index (χ0) is 15.7. The van der Waals surface area contributed by atoms with Gasteiger partial charge >= 0.3 is 5.97 Å². The largest absolute Gasteiger partial charge is 0.469 e. The normalized spacial score (nSPS) is 10.2. The van der Waals surface area contributed by atoms with Crippen molar-refractivity contribution in [2.45, 2.75) is 24.2 Å². The molecule has 0 saturated heterocycles. The van der Waals surface area contributed by atoms with Gasteiger partial charge in [0.15, 0.2) is 0 Å². The zero-order valence-electron chi connectivity index (χ0n) is 12.3. The van der Waals surface area contributed by atoms with E-state index >= 15 is 0 Å². The monoisotopic (exact) mass is 329 g/mol. The second-order valence-corrected chi connectivity index (χ2v) is 6.15. The average Bonchev–Trinajstić information content (AvgIpc) is 2.50. The number of benzene rings is 1. The van der Waals surface area contributed by atoms with Crippen LogP contribution >= 0.6 is 23.4 Å². The molecule has 0 unspecified atom stereocenters. The summed E-state index contributed by atoms with van der Waals surface area (Å²) in [5.41, 5.74) is 0. The summed E-state index contributed by atoms with van der Waals surface area (Å²) >= 11 is 7.52. The fourth-order valence-corrected chi connectivity index (χ4v) is 2.60. The minimum atomic E-state index is -0.298. The summed E-state index contributed by atoms with van der Waals surface area (Å²) in [4.78, 5) is 25.6. The second-order valence-electron chi connectivity index (χ2n) is 4.55. The van der Waals surface area contributed by atoms with Crippen LogP contribution in [-0.2, 0) is 14.3 Å². The first kappa shape index (κ1) is 17.9. The van der Waals surface area contributed by atoms with E-state index in [2.05, 4.69) is 4.74 Å². The Bertz CT molecular complexity index is 464. The molecular formula is C15H20ClNO3S. The molecular weight excluding hydrogens is 310 g/mol. The van der Waals surface area contributed by atoms with Crippen molar-refractivity contribution in [1.82, 2.24) is 4.90 Å². The number of carbonyl (C=O) groups excluding carboxylic acids is 2. The van der Waals surface area contributed by atoms with Gasteiger partial charge in [-0.25, -0.2) is 0 Å². The Morgan fingerprint density at radius 3 is 2.52 bits per heavy atom. The van der Waals surface area contributed by atoms with Gasteiger partial charge in [0.1, 0.15) is 0 Å².